The molecule has 6 nitrogen and oxygen atoms in total. The van der Waals surface area contributed by atoms with Crippen LogP contribution < -0.4 is 51.4 Å². The van der Waals surface area contributed by atoms with Gasteiger partial charge in [-0.05, 0) is 11.5 Å². The predicted octanol–water partition coefficient (Wildman–Crippen LogP) is -2.01. The molecule has 0 aliphatic rings. The Balaban J connectivity index is 0.00000180. The number of hydrogen-bond donors (Lipinski definition) is 1. The molecular formula is C10H7KO6S2. The predicted molar refractivity (Wildman–Crippen MR) is 61.7 cm³/mol. The molecule has 0 aromatic heterocycles. The van der Waals surface area contributed by atoms with Gasteiger partial charge < -0.3 is 4.55 Å². The van der Waals surface area contributed by atoms with Crippen molar-refractivity contribution < 1.29 is 77.3 Å². The standard InChI is InChI=1S/C10H8O6S2.K/c11-17(12,13)9-6-5-7-3-1-2-4-8(7)10(9)18(14,15)16;/h1-6H,(H,11,12,13)(H,14,15,16);/q;+1/p-1. The van der Waals surface area contributed by atoms with Crippen molar-refractivity contribution in [2.75, 3.05) is 0 Å². The van der Waals surface area contributed by atoms with Gasteiger partial charge in [-0.2, -0.15) is 8.42 Å². The summed E-state index contributed by atoms with van der Waals surface area (Å²) in [5.41, 5.74) is 0. The molecular weight excluding hydrogens is 319 g/mol. The van der Waals surface area contributed by atoms with Gasteiger partial charge in [0, 0.05) is 5.39 Å². The molecule has 0 unspecified atom stereocenters. The molecule has 0 heterocycles. The minimum atomic E-state index is -5.03. The average Bonchev–Trinajstić information content (AvgIpc) is 2.24. The van der Waals surface area contributed by atoms with Crippen LogP contribution in [0.1, 0.15) is 0 Å². The molecule has 0 saturated carbocycles. The maximum Gasteiger partial charge on any atom is 1.00 e. The maximum atomic E-state index is 11.2. The summed E-state index contributed by atoms with van der Waals surface area (Å²) in [6.07, 6.45) is 0. The largest absolute Gasteiger partial charge is 1.00 e. The van der Waals surface area contributed by atoms with Crippen molar-refractivity contribution >= 4 is 31.0 Å². The normalized spacial score (nSPS) is 12.1. The van der Waals surface area contributed by atoms with E-state index in [1.807, 2.05) is 0 Å². The van der Waals surface area contributed by atoms with Crippen molar-refractivity contribution in [3.05, 3.63) is 36.4 Å². The van der Waals surface area contributed by atoms with E-state index < -0.39 is 30.0 Å². The van der Waals surface area contributed by atoms with Crippen molar-refractivity contribution in [2.24, 2.45) is 0 Å². The zero-order valence-electron chi connectivity index (χ0n) is 9.77. The van der Waals surface area contributed by atoms with Crippen LogP contribution in [0.4, 0.5) is 0 Å². The van der Waals surface area contributed by atoms with Gasteiger partial charge in [0.1, 0.15) is 15.0 Å². The van der Waals surface area contributed by atoms with Crippen LogP contribution in [0.5, 0.6) is 0 Å². The average molecular weight is 326 g/mol. The third-order valence-electron chi connectivity index (χ3n) is 2.37. The molecule has 0 bridgehead atoms. The Morgan fingerprint density at radius 3 is 2.05 bits per heavy atom. The van der Waals surface area contributed by atoms with Gasteiger partial charge in [-0.25, -0.2) is 8.42 Å². The van der Waals surface area contributed by atoms with E-state index in [0.717, 1.165) is 6.07 Å². The van der Waals surface area contributed by atoms with Crippen LogP contribution in [0.3, 0.4) is 0 Å². The second-order valence-corrected chi connectivity index (χ2v) is 6.25. The SMILES string of the molecule is O=S(=O)([O-])c1c(S(=O)(=O)O)ccc2ccccc12.[K+]. The molecule has 0 amide bonds. The van der Waals surface area contributed by atoms with Crippen LogP contribution in [-0.2, 0) is 20.2 Å². The molecule has 0 atom stereocenters. The molecule has 2 aromatic carbocycles. The minimum absolute atomic E-state index is 0. The van der Waals surface area contributed by atoms with E-state index in [-0.39, 0.29) is 56.8 Å². The molecule has 0 saturated heterocycles. The summed E-state index contributed by atoms with van der Waals surface area (Å²) in [6, 6.07) is 8.10. The minimum Gasteiger partial charge on any atom is -0.744 e. The molecule has 96 valence electrons. The van der Waals surface area contributed by atoms with E-state index in [1.54, 1.807) is 6.07 Å². The summed E-state index contributed by atoms with van der Waals surface area (Å²) in [5, 5.41) is 0.349. The smallest absolute Gasteiger partial charge is 0.744 e. The van der Waals surface area contributed by atoms with Gasteiger partial charge in [0.25, 0.3) is 10.1 Å². The first kappa shape index (κ1) is 17.2. The van der Waals surface area contributed by atoms with Gasteiger partial charge in [0.2, 0.25) is 0 Å². The number of hydrogen-bond acceptors (Lipinski definition) is 5. The molecule has 0 spiro atoms. The Morgan fingerprint density at radius 1 is 0.947 bits per heavy atom. The zero-order chi connectivity index (χ0) is 13.6. The van der Waals surface area contributed by atoms with Crippen LogP contribution in [0, 0.1) is 0 Å². The third kappa shape index (κ3) is 3.63. The van der Waals surface area contributed by atoms with Crippen LogP contribution in [0.2, 0.25) is 0 Å². The molecule has 19 heavy (non-hydrogen) atoms. The first-order valence-corrected chi connectivity index (χ1v) is 7.51. The topological polar surface area (TPSA) is 112 Å². The Bertz CT molecular complexity index is 826. The van der Waals surface area contributed by atoms with Gasteiger partial charge in [-0.15, -0.1) is 0 Å². The maximum absolute atomic E-state index is 11.2. The summed E-state index contributed by atoms with van der Waals surface area (Å²) in [7, 11) is -9.82. The van der Waals surface area contributed by atoms with Crippen LogP contribution in [-0.4, -0.2) is 25.9 Å². The second-order valence-electron chi connectivity index (χ2n) is 3.54. The molecule has 0 radical (unpaired) electrons. The molecule has 2 aromatic rings. The van der Waals surface area contributed by atoms with E-state index in [9.17, 15) is 21.4 Å². The fourth-order valence-electron chi connectivity index (χ4n) is 1.68. The molecule has 0 aliphatic heterocycles. The summed E-state index contributed by atoms with van der Waals surface area (Å²) < 4.78 is 64.7. The van der Waals surface area contributed by atoms with E-state index in [2.05, 4.69) is 0 Å². The van der Waals surface area contributed by atoms with Gasteiger partial charge in [-0.1, -0.05) is 30.3 Å². The zero-order valence-corrected chi connectivity index (χ0v) is 14.5. The van der Waals surface area contributed by atoms with E-state index in [0.29, 0.717) is 5.39 Å². The van der Waals surface area contributed by atoms with Gasteiger partial charge in [-0.3, -0.25) is 4.55 Å². The Kier molecular flexibility index (Phi) is 5.32. The molecule has 0 aliphatic carbocycles. The van der Waals surface area contributed by atoms with Crippen molar-refractivity contribution in [3.8, 4) is 0 Å². The molecule has 0 fully saturated rings. The van der Waals surface area contributed by atoms with Crippen molar-refractivity contribution in [1.82, 2.24) is 0 Å². The fourth-order valence-corrected chi connectivity index (χ4v) is 3.66. The first-order chi connectivity index (χ1) is 8.21. The van der Waals surface area contributed by atoms with E-state index in [4.69, 9.17) is 4.55 Å². The number of benzene rings is 2. The van der Waals surface area contributed by atoms with E-state index in [1.165, 1.54) is 24.3 Å². The summed E-state index contributed by atoms with van der Waals surface area (Å²) in [6.45, 7) is 0. The van der Waals surface area contributed by atoms with Crippen molar-refractivity contribution in [1.29, 1.82) is 0 Å². The Morgan fingerprint density at radius 2 is 1.53 bits per heavy atom. The van der Waals surface area contributed by atoms with Gasteiger partial charge in [0.05, 0.1) is 4.90 Å². The van der Waals surface area contributed by atoms with Crippen LogP contribution in [0.25, 0.3) is 10.8 Å². The monoisotopic (exact) mass is 326 g/mol. The molecule has 9 heteroatoms. The van der Waals surface area contributed by atoms with Crippen molar-refractivity contribution in [2.45, 2.75) is 9.79 Å². The van der Waals surface area contributed by atoms with Crippen LogP contribution in [0.15, 0.2) is 46.2 Å². The number of fused-ring (bicyclic) bond motifs is 1. The third-order valence-corrected chi connectivity index (χ3v) is 4.34. The second kappa shape index (κ2) is 5.88. The van der Waals surface area contributed by atoms with Crippen molar-refractivity contribution in [3.63, 3.8) is 0 Å². The number of rotatable bonds is 2. The summed E-state index contributed by atoms with van der Waals surface area (Å²) in [4.78, 5) is -1.83. The summed E-state index contributed by atoms with van der Waals surface area (Å²) in [5.74, 6) is 0. The summed E-state index contributed by atoms with van der Waals surface area (Å²) >= 11 is 0. The quantitative estimate of drug-likeness (QED) is 0.504. The first-order valence-electron chi connectivity index (χ1n) is 4.66. The Hall–Kier alpha value is 0.156. The molecule has 2 rings (SSSR count). The van der Waals surface area contributed by atoms with Crippen LogP contribution >= 0.6 is 0 Å². The Labute approximate surface area is 152 Å². The van der Waals surface area contributed by atoms with Gasteiger partial charge >= 0.3 is 51.4 Å². The van der Waals surface area contributed by atoms with E-state index >= 15 is 0 Å². The van der Waals surface area contributed by atoms with Gasteiger partial charge in [0.15, 0.2) is 0 Å². The molecule has 1 N–H and O–H groups in total. The fraction of sp³-hybridized carbons (Fsp3) is 0.